The van der Waals surface area contributed by atoms with Crippen molar-refractivity contribution in [2.24, 2.45) is 5.16 Å². The zero-order chi connectivity index (χ0) is 20.4. The van der Waals surface area contributed by atoms with Gasteiger partial charge in [-0.3, -0.25) is 9.69 Å². The number of amides is 1. The number of aromatic nitrogens is 1. The number of hydrogen-bond donors (Lipinski definition) is 2. The molecule has 2 aliphatic rings. The molecule has 0 radical (unpaired) electrons. The van der Waals surface area contributed by atoms with E-state index in [1.54, 1.807) is 49.2 Å². The van der Waals surface area contributed by atoms with Gasteiger partial charge in [-0.1, -0.05) is 23.4 Å². The molecule has 152 valence electrons. The standard InChI is InChI=1S/C22H26N4O3/c1-22(2)20(27)19(25-29-22)15-8-10-16(11-9-15)21(28)26(17-6-5-12-23-14-17)18-7-3-4-13-24-18/h3-4,7-11,13,17,20,23,27H,5-6,12,14H2,1-2H3/t17-,20?/m1/s1. The quantitative estimate of drug-likeness (QED) is 0.831. The van der Waals surface area contributed by atoms with Gasteiger partial charge in [-0.15, -0.1) is 0 Å². The lowest BCUT2D eigenvalue weighted by molar-refractivity contribution is -0.0476. The molecule has 2 aromatic rings. The second kappa shape index (κ2) is 7.93. The maximum absolute atomic E-state index is 13.4. The molecule has 2 atom stereocenters. The molecule has 7 nitrogen and oxygen atoms in total. The molecule has 3 heterocycles. The summed E-state index contributed by atoms with van der Waals surface area (Å²) >= 11 is 0. The van der Waals surface area contributed by atoms with Gasteiger partial charge >= 0.3 is 0 Å². The van der Waals surface area contributed by atoms with Crippen molar-refractivity contribution in [3.8, 4) is 0 Å². The number of anilines is 1. The summed E-state index contributed by atoms with van der Waals surface area (Å²) in [6.45, 7) is 5.29. The highest BCUT2D eigenvalue weighted by Gasteiger charge is 2.40. The zero-order valence-corrected chi connectivity index (χ0v) is 16.7. The monoisotopic (exact) mass is 394 g/mol. The van der Waals surface area contributed by atoms with E-state index >= 15 is 0 Å². The van der Waals surface area contributed by atoms with Gasteiger partial charge < -0.3 is 15.3 Å². The number of hydrogen-bond acceptors (Lipinski definition) is 6. The van der Waals surface area contributed by atoms with Gasteiger partial charge in [0.2, 0.25) is 0 Å². The number of rotatable bonds is 4. The lowest BCUT2D eigenvalue weighted by atomic mass is 9.94. The number of piperidine rings is 1. The summed E-state index contributed by atoms with van der Waals surface area (Å²) in [5.74, 6) is 0.565. The van der Waals surface area contributed by atoms with Crippen LogP contribution in [0, 0.1) is 0 Å². The highest BCUT2D eigenvalue weighted by Crippen LogP contribution is 2.27. The van der Waals surface area contributed by atoms with Crippen LogP contribution >= 0.6 is 0 Å². The lowest BCUT2D eigenvalue weighted by Crippen LogP contribution is -2.49. The van der Waals surface area contributed by atoms with Crippen molar-refractivity contribution in [2.45, 2.75) is 44.4 Å². The fourth-order valence-corrected chi connectivity index (χ4v) is 3.74. The highest BCUT2D eigenvalue weighted by molar-refractivity contribution is 6.08. The summed E-state index contributed by atoms with van der Waals surface area (Å²) in [7, 11) is 0. The van der Waals surface area contributed by atoms with Gasteiger partial charge in [0.25, 0.3) is 5.91 Å². The van der Waals surface area contributed by atoms with Crippen LogP contribution < -0.4 is 10.2 Å². The second-order valence-corrected chi connectivity index (χ2v) is 8.01. The summed E-state index contributed by atoms with van der Waals surface area (Å²) in [5, 5.41) is 17.8. The maximum atomic E-state index is 13.4. The van der Waals surface area contributed by atoms with Gasteiger partial charge in [0.05, 0.1) is 6.04 Å². The van der Waals surface area contributed by atoms with E-state index in [0.717, 1.165) is 31.5 Å². The lowest BCUT2D eigenvalue weighted by Gasteiger charge is -2.34. The smallest absolute Gasteiger partial charge is 0.259 e. The molecule has 1 saturated heterocycles. The van der Waals surface area contributed by atoms with Crippen LogP contribution in [0.2, 0.25) is 0 Å². The number of carbonyl (C=O) groups is 1. The molecule has 0 bridgehead atoms. The summed E-state index contributed by atoms with van der Waals surface area (Å²) in [6.07, 6.45) is 2.84. The Morgan fingerprint density at radius 2 is 2.03 bits per heavy atom. The van der Waals surface area contributed by atoms with Gasteiger partial charge in [0.15, 0.2) is 5.60 Å². The Labute approximate surface area is 170 Å². The van der Waals surface area contributed by atoms with Gasteiger partial charge in [-0.2, -0.15) is 0 Å². The van der Waals surface area contributed by atoms with Gasteiger partial charge in [-0.05, 0) is 57.5 Å². The van der Waals surface area contributed by atoms with E-state index in [4.69, 9.17) is 4.84 Å². The third-order valence-corrected chi connectivity index (χ3v) is 5.48. The van der Waals surface area contributed by atoms with Crippen molar-refractivity contribution in [2.75, 3.05) is 18.0 Å². The van der Waals surface area contributed by atoms with Gasteiger partial charge in [0, 0.05) is 23.9 Å². The number of pyridine rings is 1. The van der Waals surface area contributed by atoms with E-state index in [1.165, 1.54) is 0 Å². The molecular formula is C22H26N4O3. The van der Waals surface area contributed by atoms with Crippen LogP contribution in [0.1, 0.15) is 42.6 Å². The Bertz CT molecular complexity index is 890. The van der Waals surface area contributed by atoms with Crippen molar-refractivity contribution in [1.29, 1.82) is 0 Å². The van der Waals surface area contributed by atoms with E-state index in [0.29, 0.717) is 17.1 Å². The average Bonchev–Trinajstić information content (AvgIpc) is 3.02. The predicted octanol–water partition coefficient (Wildman–Crippen LogP) is 2.35. The summed E-state index contributed by atoms with van der Waals surface area (Å²) < 4.78 is 0. The first-order chi connectivity index (χ1) is 14.0. The average molecular weight is 394 g/mol. The van der Waals surface area contributed by atoms with Crippen LogP contribution in [0.3, 0.4) is 0 Å². The first kappa shape index (κ1) is 19.5. The molecular weight excluding hydrogens is 368 g/mol. The molecule has 1 unspecified atom stereocenters. The number of aliphatic hydroxyl groups is 1. The zero-order valence-electron chi connectivity index (χ0n) is 16.7. The minimum absolute atomic E-state index is 0.0565. The minimum Gasteiger partial charge on any atom is -0.386 e. The molecule has 1 amide bonds. The van der Waals surface area contributed by atoms with E-state index in [9.17, 15) is 9.90 Å². The normalized spacial score (nSPS) is 23.2. The van der Waals surface area contributed by atoms with E-state index in [1.807, 2.05) is 18.2 Å². The summed E-state index contributed by atoms with van der Waals surface area (Å²) in [6, 6.07) is 12.8. The Kier molecular flexibility index (Phi) is 5.34. The van der Waals surface area contributed by atoms with Crippen molar-refractivity contribution in [1.82, 2.24) is 10.3 Å². The molecule has 0 saturated carbocycles. The number of nitrogens with zero attached hydrogens (tertiary/aromatic N) is 3. The van der Waals surface area contributed by atoms with Crippen LogP contribution in [-0.4, -0.2) is 52.5 Å². The first-order valence-corrected chi connectivity index (χ1v) is 9.97. The van der Waals surface area contributed by atoms with Crippen molar-refractivity contribution < 1.29 is 14.7 Å². The Hall–Kier alpha value is -2.77. The second-order valence-electron chi connectivity index (χ2n) is 8.01. The number of carbonyl (C=O) groups excluding carboxylic acids is 1. The molecule has 4 rings (SSSR count). The highest BCUT2D eigenvalue weighted by atomic mass is 16.7. The minimum atomic E-state index is -0.817. The molecule has 7 heteroatoms. The largest absolute Gasteiger partial charge is 0.386 e. The van der Waals surface area contributed by atoms with E-state index in [-0.39, 0.29) is 11.9 Å². The van der Waals surface area contributed by atoms with Crippen molar-refractivity contribution in [3.05, 3.63) is 59.8 Å². The van der Waals surface area contributed by atoms with Crippen LogP contribution in [0.15, 0.2) is 53.8 Å². The van der Waals surface area contributed by atoms with Crippen LogP contribution in [0.25, 0.3) is 0 Å². The van der Waals surface area contributed by atoms with Gasteiger partial charge in [0.1, 0.15) is 17.6 Å². The SMILES string of the molecule is CC1(C)ON=C(c2ccc(C(=O)N(c3ccccn3)[C@@H]3CCCNC3)cc2)C1O. The maximum Gasteiger partial charge on any atom is 0.259 e. The third-order valence-electron chi connectivity index (χ3n) is 5.48. The van der Waals surface area contributed by atoms with E-state index in [2.05, 4.69) is 15.5 Å². The topological polar surface area (TPSA) is 87.0 Å². The molecule has 1 aromatic heterocycles. The predicted molar refractivity (Wildman–Crippen MR) is 111 cm³/mol. The number of aliphatic hydroxyl groups excluding tert-OH is 1. The van der Waals surface area contributed by atoms with Gasteiger partial charge in [-0.25, -0.2) is 4.98 Å². The molecule has 0 aliphatic carbocycles. The Morgan fingerprint density at radius 3 is 2.62 bits per heavy atom. The molecule has 29 heavy (non-hydrogen) atoms. The first-order valence-electron chi connectivity index (χ1n) is 9.97. The fraction of sp³-hybridized carbons (Fsp3) is 0.409. The number of nitrogens with one attached hydrogen (secondary N) is 1. The van der Waals surface area contributed by atoms with E-state index < -0.39 is 11.7 Å². The Morgan fingerprint density at radius 1 is 1.24 bits per heavy atom. The van der Waals surface area contributed by atoms with Crippen LogP contribution in [0.5, 0.6) is 0 Å². The molecule has 1 aromatic carbocycles. The Balaban J connectivity index is 1.60. The molecule has 1 fully saturated rings. The third kappa shape index (κ3) is 3.88. The summed E-state index contributed by atoms with van der Waals surface area (Å²) in [4.78, 5) is 24.9. The van der Waals surface area contributed by atoms with Crippen LogP contribution in [0.4, 0.5) is 5.82 Å². The summed E-state index contributed by atoms with van der Waals surface area (Å²) in [5.41, 5.74) is 1.03. The molecule has 0 spiro atoms. The van der Waals surface area contributed by atoms with Crippen molar-refractivity contribution in [3.63, 3.8) is 0 Å². The number of oxime groups is 1. The fourth-order valence-electron chi connectivity index (χ4n) is 3.74. The van der Waals surface area contributed by atoms with Crippen LogP contribution in [-0.2, 0) is 4.84 Å². The van der Waals surface area contributed by atoms with Crippen molar-refractivity contribution >= 4 is 17.4 Å². The number of benzene rings is 1. The molecule has 2 N–H and O–H groups in total. The molecule has 2 aliphatic heterocycles.